The highest BCUT2D eigenvalue weighted by molar-refractivity contribution is 5.92. The third kappa shape index (κ3) is 4.21. The van der Waals surface area contributed by atoms with Crippen LogP contribution in [0.1, 0.15) is 24.3 Å². The summed E-state index contributed by atoms with van der Waals surface area (Å²) in [4.78, 5) is 14.6. The van der Waals surface area contributed by atoms with Gasteiger partial charge in [-0.15, -0.1) is 0 Å². The number of para-hydroxylation sites is 1. The number of nitrogens with zero attached hydrogens (tertiary/aromatic N) is 3. The monoisotopic (exact) mass is 328 g/mol. The summed E-state index contributed by atoms with van der Waals surface area (Å²) in [5, 5.41) is 7.28. The molecule has 1 saturated heterocycles. The van der Waals surface area contributed by atoms with Gasteiger partial charge in [-0.1, -0.05) is 18.2 Å². The zero-order valence-corrected chi connectivity index (χ0v) is 14.2. The number of amides is 1. The van der Waals surface area contributed by atoms with E-state index in [4.69, 9.17) is 4.74 Å². The molecule has 6 nitrogen and oxygen atoms in total. The van der Waals surface area contributed by atoms with Crippen molar-refractivity contribution in [3.8, 4) is 5.69 Å². The molecule has 0 spiro atoms. The van der Waals surface area contributed by atoms with E-state index < -0.39 is 0 Å². The molecule has 3 rings (SSSR count). The second kappa shape index (κ2) is 7.59. The fourth-order valence-electron chi connectivity index (χ4n) is 3.05. The van der Waals surface area contributed by atoms with E-state index in [0.717, 1.165) is 25.3 Å². The molecule has 0 bridgehead atoms. The maximum Gasteiger partial charge on any atom is 0.271 e. The van der Waals surface area contributed by atoms with E-state index in [2.05, 4.69) is 29.2 Å². The predicted molar refractivity (Wildman–Crippen MR) is 92.3 cm³/mol. The van der Waals surface area contributed by atoms with Gasteiger partial charge < -0.3 is 10.1 Å². The topological polar surface area (TPSA) is 59.4 Å². The summed E-state index contributed by atoms with van der Waals surface area (Å²) in [7, 11) is 0. The molecule has 1 fully saturated rings. The van der Waals surface area contributed by atoms with E-state index in [-0.39, 0.29) is 18.1 Å². The van der Waals surface area contributed by atoms with E-state index in [1.54, 1.807) is 16.9 Å². The molecule has 1 N–H and O–H groups in total. The summed E-state index contributed by atoms with van der Waals surface area (Å²) in [5.41, 5.74) is 1.37. The quantitative estimate of drug-likeness (QED) is 0.908. The molecule has 6 heteroatoms. The van der Waals surface area contributed by atoms with Crippen molar-refractivity contribution in [1.82, 2.24) is 20.0 Å². The molecule has 0 saturated carbocycles. The number of nitrogens with one attached hydrogen (secondary N) is 1. The Balaban J connectivity index is 1.50. The summed E-state index contributed by atoms with van der Waals surface area (Å²) >= 11 is 0. The Kier molecular flexibility index (Phi) is 5.27. The molecule has 24 heavy (non-hydrogen) atoms. The number of ether oxygens (including phenoxy) is 1. The van der Waals surface area contributed by atoms with E-state index in [1.165, 1.54) is 0 Å². The molecule has 2 aromatic rings. The standard InChI is InChI=1S/C18H24N4O2/c1-14-12-21(13-15(2)24-14)11-9-19-18(23)17-8-10-22(20-17)16-6-4-3-5-7-16/h3-8,10,14-15H,9,11-13H2,1-2H3,(H,19,23)/t14-,15+. The van der Waals surface area contributed by atoms with E-state index >= 15 is 0 Å². The van der Waals surface area contributed by atoms with Gasteiger partial charge in [0.25, 0.3) is 5.91 Å². The minimum absolute atomic E-state index is 0.140. The van der Waals surface area contributed by atoms with Gasteiger partial charge in [0.1, 0.15) is 0 Å². The zero-order valence-electron chi connectivity index (χ0n) is 14.2. The summed E-state index contributed by atoms with van der Waals surface area (Å²) < 4.78 is 7.42. The van der Waals surface area contributed by atoms with Gasteiger partial charge in [0.2, 0.25) is 0 Å². The number of hydrogen-bond donors (Lipinski definition) is 1. The van der Waals surface area contributed by atoms with Gasteiger partial charge in [-0.3, -0.25) is 9.69 Å². The van der Waals surface area contributed by atoms with Crippen molar-refractivity contribution in [3.63, 3.8) is 0 Å². The number of hydrogen-bond acceptors (Lipinski definition) is 4. The average molecular weight is 328 g/mol. The van der Waals surface area contributed by atoms with Crippen LogP contribution in [0, 0.1) is 0 Å². The average Bonchev–Trinajstić information content (AvgIpc) is 3.05. The van der Waals surface area contributed by atoms with Crippen LogP contribution in [-0.2, 0) is 4.74 Å². The molecular weight excluding hydrogens is 304 g/mol. The first-order valence-electron chi connectivity index (χ1n) is 8.39. The van der Waals surface area contributed by atoms with Crippen molar-refractivity contribution in [3.05, 3.63) is 48.3 Å². The molecule has 0 unspecified atom stereocenters. The van der Waals surface area contributed by atoms with Crippen LogP contribution in [-0.4, -0.2) is 59.0 Å². The van der Waals surface area contributed by atoms with Crippen LogP contribution < -0.4 is 5.32 Å². The molecular formula is C18H24N4O2. The van der Waals surface area contributed by atoms with Crippen molar-refractivity contribution in [1.29, 1.82) is 0 Å². The minimum Gasteiger partial charge on any atom is -0.373 e. The third-order valence-corrected chi connectivity index (χ3v) is 4.05. The van der Waals surface area contributed by atoms with Gasteiger partial charge in [-0.2, -0.15) is 5.10 Å². The number of carbonyl (C=O) groups excluding carboxylic acids is 1. The molecule has 1 aromatic heterocycles. The summed E-state index contributed by atoms with van der Waals surface area (Å²) in [6.45, 7) is 7.40. The molecule has 1 aliphatic rings. The molecule has 2 heterocycles. The first-order chi connectivity index (χ1) is 11.6. The molecule has 128 valence electrons. The fraction of sp³-hybridized carbons (Fsp3) is 0.444. The lowest BCUT2D eigenvalue weighted by Crippen LogP contribution is -2.47. The van der Waals surface area contributed by atoms with Crippen molar-refractivity contribution >= 4 is 5.91 Å². The zero-order chi connectivity index (χ0) is 16.9. The molecule has 1 aromatic carbocycles. The molecule has 1 amide bonds. The van der Waals surface area contributed by atoms with Gasteiger partial charge >= 0.3 is 0 Å². The van der Waals surface area contributed by atoms with Crippen LogP contribution in [0.25, 0.3) is 5.69 Å². The third-order valence-electron chi connectivity index (χ3n) is 4.05. The fourth-order valence-corrected chi connectivity index (χ4v) is 3.05. The highest BCUT2D eigenvalue weighted by atomic mass is 16.5. The number of benzene rings is 1. The number of carbonyl (C=O) groups is 1. The number of aromatic nitrogens is 2. The van der Waals surface area contributed by atoms with Crippen molar-refractivity contribution in [2.75, 3.05) is 26.2 Å². The highest BCUT2D eigenvalue weighted by Crippen LogP contribution is 2.10. The normalized spacial score (nSPS) is 21.6. The Morgan fingerprint density at radius 1 is 1.21 bits per heavy atom. The van der Waals surface area contributed by atoms with E-state index in [1.807, 2.05) is 30.3 Å². The van der Waals surface area contributed by atoms with Gasteiger partial charge in [0.05, 0.1) is 17.9 Å². The second-order valence-electron chi connectivity index (χ2n) is 6.25. The molecule has 0 aliphatic carbocycles. The Morgan fingerprint density at radius 2 is 1.92 bits per heavy atom. The lowest BCUT2D eigenvalue weighted by atomic mass is 10.2. The maximum atomic E-state index is 12.2. The van der Waals surface area contributed by atoms with Crippen molar-refractivity contribution in [2.45, 2.75) is 26.1 Å². The molecule has 1 aliphatic heterocycles. The van der Waals surface area contributed by atoms with Crippen LogP contribution >= 0.6 is 0 Å². The van der Waals surface area contributed by atoms with E-state index in [0.29, 0.717) is 12.2 Å². The van der Waals surface area contributed by atoms with Gasteiger partial charge in [-0.05, 0) is 32.0 Å². The highest BCUT2D eigenvalue weighted by Gasteiger charge is 2.21. The maximum absolute atomic E-state index is 12.2. The second-order valence-corrected chi connectivity index (χ2v) is 6.25. The molecule has 0 radical (unpaired) electrons. The van der Waals surface area contributed by atoms with Gasteiger partial charge in [0.15, 0.2) is 5.69 Å². The predicted octanol–water partition coefficient (Wildman–Crippen LogP) is 1.71. The minimum atomic E-state index is -0.140. The lowest BCUT2D eigenvalue weighted by molar-refractivity contribution is -0.0672. The molecule has 2 atom stereocenters. The van der Waals surface area contributed by atoms with Crippen LogP contribution in [0.15, 0.2) is 42.6 Å². The van der Waals surface area contributed by atoms with Gasteiger partial charge in [0, 0.05) is 32.4 Å². The van der Waals surface area contributed by atoms with Crippen LogP contribution in [0.4, 0.5) is 0 Å². The van der Waals surface area contributed by atoms with Crippen LogP contribution in [0.5, 0.6) is 0 Å². The summed E-state index contributed by atoms with van der Waals surface area (Å²) in [5.74, 6) is -0.140. The SMILES string of the molecule is C[C@@H]1CN(CCNC(=O)c2ccn(-c3ccccc3)n2)C[C@H](C)O1. The Morgan fingerprint density at radius 3 is 2.62 bits per heavy atom. The lowest BCUT2D eigenvalue weighted by Gasteiger charge is -2.35. The van der Waals surface area contributed by atoms with Crippen LogP contribution in [0.2, 0.25) is 0 Å². The smallest absolute Gasteiger partial charge is 0.271 e. The summed E-state index contributed by atoms with van der Waals surface area (Å²) in [6, 6.07) is 11.5. The largest absolute Gasteiger partial charge is 0.373 e. The van der Waals surface area contributed by atoms with Crippen molar-refractivity contribution < 1.29 is 9.53 Å². The van der Waals surface area contributed by atoms with Gasteiger partial charge in [-0.25, -0.2) is 4.68 Å². The van der Waals surface area contributed by atoms with Crippen LogP contribution in [0.3, 0.4) is 0 Å². The first kappa shape index (κ1) is 16.7. The number of morpholine rings is 1. The first-order valence-corrected chi connectivity index (χ1v) is 8.39. The van der Waals surface area contributed by atoms with E-state index in [9.17, 15) is 4.79 Å². The Labute approximate surface area is 142 Å². The summed E-state index contributed by atoms with van der Waals surface area (Å²) in [6.07, 6.45) is 2.28. The Hall–Kier alpha value is -2.18. The Bertz CT molecular complexity index is 661. The number of rotatable bonds is 5. The van der Waals surface area contributed by atoms with Crippen molar-refractivity contribution in [2.24, 2.45) is 0 Å².